The minimum absolute atomic E-state index is 0.0391. The van der Waals surface area contributed by atoms with Crippen molar-refractivity contribution in [3.8, 4) is 0 Å². The van der Waals surface area contributed by atoms with E-state index in [9.17, 15) is 9.59 Å². The van der Waals surface area contributed by atoms with Gasteiger partial charge >= 0.3 is 0 Å². The van der Waals surface area contributed by atoms with E-state index in [0.29, 0.717) is 38.9 Å². The lowest BCUT2D eigenvalue weighted by atomic mass is 9.96. The highest BCUT2D eigenvalue weighted by molar-refractivity contribution is 7.11. The Morgan fingerprint density at radius 2 is 2.30 bits per heavy atom. The van der Waals surface area contributed by atoms with E-state index in [0.717, 1.165) is 10.0 Å². The Morgan fingerprint density at radius 3 is 2.95 bits per heavy atom. The Bertz CT molecular complexity index is 488. The molecule has 0 unspecified atom stereocenters. The second-order valence-electron chi connectivity index (χ2n) is 4.92. The second-order valence-corrected chi connectivity index (χ2v) is 6.19. The third kappa shape index (κ3) is 3.75. The molecule has 1 N–H and O–H groups in total. The zero-order valence-electron chi connectivity index (χ0n) is 11.9. The van der Waals surface area contributed by atoms with Gasteiger partial charge in [0.2, 0.25) is 11.8 Å². The van der Waals surface area contributed by atoms with Crippen molar-refractivity contribution in [3.63, 3.8) is 0 Å². The topological polar surface area (TPSA) is 75.2 Å². The molecule has 0 spiro atoms. The van der Waals surface area contributed by atoms with Crippen molar-refractivity contribution in [1.29, 1.82) is 0 Å². The van der Waals surface area contributed by atoms with E-state index < -0.39 is 0 Å². The van der Waals surface area contributed by atoms with Crippen LogP contribution in [0.2, 0.25) is 0 Å². The highest BCUT2D eigenvalue weighted by Gasteiger charge is 2.28. The molecule has 0 radical (unpaired) electrons. The Kier molecular flexibility index (Phi) is 5.05. The van der Waals surface area contributed by atoms with Gasteiger partial charge in [0, 0.05) is 32.5 Å². The number of hydrogen-bond acceptors (Lipinski definition) is 5. The number of piperidine rings is 1. The van der Waals surface area contributed by atoms with Crippen LogP contribution in [0.15, 0.2) is 0 Å². The van der Waals surface area contributed by atoms with Crippen molar-refractivity contribution in [1.82, 2.24) is 20.4 Å². The molecule has 1 aromatic rings. The van der Waals surface area contributed by atoms with Gasteiger partial charge in [0.05, 0.1) is 5.92 Å². The lowest BCUT2D eigenvalue weighted by molar-refractivity contribution is -0.138. The molecule has 1 atom stereocenters. The number of carbonyl (C=O) groups is 2. The predicted molar refractivity (Wildman–Crippen MR) is 76.3 cm³/mol. The largest absolute Gasteiger partial charge is 0.355 e. The van der Waals surface area contributed by atoms with E-state index in [2.05, 4.69) is 15.5 Å². The molecule has 2 rings (SSSR count). The van der Waals surface area contributed by atoms with Crippen molar-refractivity contribution < 1.29 is 9.59 Å². The molecule has 20 heavy (non-hydrogen) atoms. The van der Waals surface area contributed by atoms with Crippen LogP contribution >= 0.6 is 11.3 Å². The second kappa shape index (κ2) is 6.78. The molecular formula is C13H20N4O2S. The first-order valence-electron chi connectivity index (χ1n) is 6.94. The number of nitrogens with zero attached hydrogens (tertiary/aromatic N) is 3. The van der Waals surface area contributed by atoms with E-state index in [1.807, 2.05) is 13.8 Å². The standard InChI is InChI=1S/C13H20N4O2S/c1-3-17-8-10(4-5-12(17)18)13(19)14-7-6-11-16-15-9(2)20-11/h10H,3-8H2,1-2H3,(H,14,19)/t10-/m1/s1. The maximum atomic E-state index is 12.1. The lowest BCUT2D eigenvalue weighted by Gasteiger charge is -2.30. The van der Waals surface area contributed by atoms with Gasteiger partial charge in [-0.15, -0.1) is 21.5 Å². The summed E-state index contributed by atoms with van der Waals surface area (Å²) in [6.45, 7) is 5.64. The van der Waals surface area contributed by atoms with Crippen molar-refractivity contribution in [2.75, 3.05) is 19.6 Å². The summed E-state index contributed by atoms with van der Waals surface area (Å²) in [5.74, 6) is 0.113. The van der Waals surface area contributed by atoms with Crippen LogP contribution in [0.1, 0.15) is 29.8 Å². The van der Waals surface area contributed by atoms with Gasteiger partial charge in [-0.2, -0.15) is 0 Å². The Balaban J connectivity index is 1.76. The van der Waals surface area contributed by atoms with Gasteiger partial charge in [0.15, 0.2) is 0 Å². The van der Waals surface area contributed by atoms with Gasteiger partial charge < -0.3 is 10.2 Å². The van der Waals surface area contributed by atoms with Crippen LogP contribution in [-0.4, -0.2) is 46.5 Å². The first-order chi connectivity index (χ1) is 9.60. The van der Waals surface area contributed by atoms with Crippen LogP contribution in [0.25, 0.3) is 0 Å². The minimum Gasteiger partial charge on any atom is -0.355 e. The minimum atomic E-state index is -0.0798. The number of hydrogen-bond donors (Lipinski definition) is 1. The molecule has 0 saturated carbocycles. The average molecular weight is 296 g/mol. The summed E-state index contributed by atoms with van der Waals surface area (Å²) in [5, 5.41) is 12.8. The summed E-state index contributed by atoms with van der Waals surface area (Å²) in [6.07, 6.45) is 1.83. The SMILES string of the molecule is CCN1C[C@H](C(=O)NCCc2nnc(C)s2)CCC1=O. The number of amides is 2. The van der Waals surface area contributed by atoms with Gasteiger partial charge in [-0.05, 0) is 20.3 Å². The summed E-state index contributed by atoms with van der Waals surface area (Å²) in [6, 6.07) is 0. The number of carbonyl (C=O) groups excluding carboxylic acids is 2. The molecule has 1 aliphatic rings. The number of aromatic nitrogens is 2. The third-order valence-corrected chi connectivity index (χ3v) is 4.36. The van der Waals surface area contributed by atoms with Crippen molar-refractivity contribution in [2.45, 2.75) is 33.1 Å². The van der Waals surface area contributed by atoms with Gasteiger partial charge in [-0.3, -0.25) is 9.59 Å². The molecule has 1 saturated heterocycles. The average Bonchev–Trinajstić information content (AvgIpc) is 2.85. The molecule has 0 aromatic carbocycles. The van der Waals surface area contributed by atoms with E-state index in [1.165, 1.54) is 0 Å². The van der Waals surface area contributed by atoms with Gasteiger partial charge in [-0.25, -0.2) is 0 Å². The molecular weight excluding hydrogens is 276 g/mol. The number of likely N-dealkylation sites (tertiary alicyclic amines) is 1. The Labute approximate surface area is 122 Å². The first kappa shape index (κ1) is 14.9. The van der Waals surface area contributed by atoms with Gasteiger partial charge in [0.1, 0.15) is 10.0 Å². The normalized spacial score (nSPS) is 19.2. The summed E-state index contributed by atoms with van der Waals surface area (Å²) in [4.78, 5) is 25.4. The summed E-state index contributed by atoms with van der Waals surface area (Å²) in [7, 11) is 0. The molecule has 0 bridgehead atoms. The fraction of sp³-hybridized carbons (Fsp3) is 0.692. The van der Waals surface area contributed by atoms with Crippen molar-refractivity contribution in [2.24, 2.45) is 5.92 Å². The molecule has 6 nitrogen and oxygen atoms in total. The van der Waals surface area contributed by atoms with Crippen LogP contribution in [0.5, 0.6) is 0 Å². The predicted octanol–water partition coefficient (Wildman–Crippen LogP) is 0.764. The van der Waals surface area contributed by atoms with Crippen molar-refractivity contribution >= 4 is 23.2 Å². The molecule has 2 heterocycles. The van der Waals surface area contributed by atoms with Crippen LogP contribution in [0, 0.1) is 12.8 Å². The lowest BCUT2D eigenvalue weighted by Crippen LogP contribution is -2.45. The Morgan fingerprint density at radius 1 is 1.50 bits per heavy atom. The molecule has 1 aliphatic heterocycles. The number of aryl methyl sites for hydroxylation is 1. The molecule has 110 valence electrons. The van der Waals surface area contributed by atoms with Crippen LogP contribution < -0.4 is 5.32 Å². The quantitative estimate of drug-likeness (QED) is 0.870. The highest BCUT2D eigenvalue weighted by Crippen LogP contribution is 2.17. The fourth-order valence-corrected chi connectivity index (χ4v) is 3.02. The van der Waals surface area contributed by atoms with Crippen LogP contribution in [0.4, 0.5) is 0 Å². The number of rotatable bonds is 5. The Hall–Kier alpha value is -1.50. The zero-order valence-corrected chi connectivity index (χ0v) is 12.7. The molecule has 1 aromatic heterocycles. The molecule has 1 fully saturated rings. The molecule has 0 aliphatic carbocycles. The summed E-state index contributed by atoms with van der Waals surface area (Å²) < 4.78 is 0. The number of nitrogens with one attached hydrogen (secondary N) is 1. The van der Waals surface area contributed by atoms with E-state index in [4.69, 9.17) is 0 Å². The third-order valence-electron chi connectivity index (χ3n) is 3.46. The highest BCUT2D eigenvalue weighted by atomic mass is 32.1. The van der Waals surface area contributed by atoms with E-state index >= 15 is 0 Å². The fourth-order valence-electron chi connectivity index (χ4n) is 2.31. The zero-order chi connectivity index (χ0) is 14.5. The maximum absolute atomic E-state index is 12.1. The summed E-state index contributed by atoms with van der Waals surface area (Å²) in [5.41, 5.74) is 0. The smallest absolute Gasteiger partial charge is 0.224 e. The molecule has 7 heteroatoms. The van der Waals surface area contributed by atoms with Gasteiger partial charge in [0.25, 0.3) is 0 Å². The van der Waals surface area contributed by atoms with Crippen LogP contribution in [0.3, 0.4) is 0 Å². The van der Waals surface area contributed by atoms with Gasteiger partial charge in [-0.1, -0.05) is 0 Å². The van der Waals surface area contributed by atoms with Crippen LogP contribution in [-0.2, 0) is 16.0 Å². The monoisotopic (exact) mass is 296 g/mol. The van der Waals surface area contributed by atoms with E-state index in [-0.39, 0.29) is 17.7 Å². The first-order valence-corrected chi connectivity index (χ1v) is 7.76. The van der Waals surface area contributed by atoms with E-state index in [1.54, 1.807) is 16.2 Å². The maximum Gasteiger partial charge on any atom is 0.224 e. The molecule has 2 amide bonds. The summed E-state index contributed by atoms with van der Waals surface area (Å²) >= 11 is 1.55. The van der Waals surface area contributed by atoms with Crippen molar-refractivity contribution in [3.05, 3.63) is 10.0 Å².